The number of ether oxygens (including phenoxy) is 7. The van der Waals surface area contributed by atoms with Gasteiger partial charge in [0.15, 0.2) is 0 Å². The molecular weight excluding hydrogens is 1140 g/mol. The van der Waals surface area contributed by atoms with Gasteiger partial charge in [0, 0.05) is 132 Å². The van der Waals surface area contributed by atoms with Gasteiger partial charge in [-0.3, -0.25) is 53.4 Å². The highest BCUT2D eigenvalue weighted by molar-refractivity contribution is 5.90. The first-order valence-corrected chi connectivity index (χ1v) is 30.0. The highest BCUT2D eigenvalue weighted by Gasteiger charge is 2.80. The fourth-order valence-corrected chi connectivity index (χ4v) is 15.7. The van der Waals surface area contributed by atoms with Crippen molar-refractivity contribution in [3.8, 4) is 29.3 Å². The topological polar surface area (TPSA) is 312 Å². The van der Waals surface area contributed by atoms with E-state index in [2.05, 4.69) is 43.2 Å². The number of aromatic nitrogens is 4. The maximum atomic E-state index is 16.6. The van der Waals surface area contributed by atoms with Crippen LogP contribution in [0.15, 0.2) is 48.9 Å². The van der Waals surface area contributed by atoms with E-state index in [0.717, 1.165) is 0 Å². The summed E-state index contributed by atoms with van der Waals surface area (Å²) in [4.78, 5) is 99.2. The number of benzene rings is 1. The number of amides is 1. The Labute approximate surface area is 509 Å². The lowest BCUT2D eigenvalue weighted by Gasteiger charge is -2.41. The van der Waals surface area contributed by atoms with Crippen LogP contribution in [0.4, 0.5) is 14.9 Å². The Balaban J connectivity index is 1.01. The summed E-state index contributed by atoms with van der Waals surface area (Å²) in [5, 5.41) is 40.8. The van der Waals surface area contributed by atoms with Gasteiger partial charge in [0.1, 0.15) is 51.6 Å². The first-order valence-electron chi connectivity index (χ1n) is 30.0. The summed E-state index contributed by atoms with van der Waals surface area (Å²) in [7, 11) is 0. The monoisotopic (exact) mass is 1220 g/mol. The molecule has 25 nitrogen and oxygen atoms in total. The number of nitrogens with zero attached hydrogens (tertiary/aromatic N) is 11. The number of carbonyl (C=O) groups excluding carboxylic acids is 7. The molecule has 0 bridgehead atoms. The summed E-state index contributed by atoms with van der Waals surface area (Å²) in [5.41, 5.74) is -0.479. The van der Waals surface area contributed by atoms with Crippen LogP contribution in [0.25, 0.3) is 11.1 Å². The molecule has 12 atom stereocenters. The van der Waals surface area contributed by atoms with Crippen molar-refractivity contribution in [2.24, 2.45) is 57.7 Å². The highest BCUT2D eigenvalue weighted by atomic mass is 19.1. The van der Waals surface area contributed by atoms with Crippen molar-refractivity contribution in [2.75, 3.05) is 90.4 Å². The molecule has 468 valence electrons. The van der Waals surface area contributed by atoms with Gasteiger partial charge in [-0.15, -0.1) is 5.10 Å². The molecule has 7 aliphatic rings. The normalized spacial score (nSPS) is 28.1. The average molecular weight is 1220 g/mol. The molecule has 10 rings (SSSR count). The molecule has 4 saturated heterocycles. The number of esters is 6. The number of piperidine rings is 3. The van der Waals surface area contributed by atoms with Crippen molar-refractivity contribution >= 4 is 47.6 Å². The molecule has 6 heterocycles. The van der Waals surface area contributed by atoms with Gasteiger partial charge in [-0.1, -0.05) is 24.1 Å². The maximum Gasteiger partial charge on any atom is 0.414 e. The van der Waals surface area contributed by atoms with Crippen LogP contribution >= 0.6 is 0 Å². The summed E-state index contributed by atoms with van der Waals surface area (Å²) < 4.78 is 56.8. The number of hydrogen-bond acceptors (Lipinski definition) is 23. The zero-order chi connectivity index (χ0) is 62.8. The van der Waals surface area contributed by atoms with Crippen molar-refractivity contribution < 1.29 is 71.1 Å². The van der Waals surface area contributed by atoms with Crippen LogP contribution in [0.2, 0.25) is 0 Å². The van der Waals surface area contributed by atoms with E-state index >= 15 is 4.39 Å². The number of hydrogen-bond donors (Lipinski definition) is 0. The number of rotatable bonds is 28. The Hall–Kier alpha value is -8.12. The second-order valence-corrected chi connectivity index (χ2v) is 24.9. The lowest BCUT2D eigenvalue weighted by molar-refractivity contribution is -0.149. The standard InChI is InChI=1S/C62H74FN11O14/c1-36(75)82-27-44(28-83-37(2)76)70-24-53-50(18-64)60(53,33-70)14-8-7-9-49(61-34-71(25-54(61)51(61)19-65)45(29-84-38(3)77)30-85-39(4)78)58(62-35-72(26-55(62)52(62)20-66)46(31-86-40(5)79)32-87-41(6)80)57-13-10-42(21-67-57)48-12-11-43(17-56(48)63)74-23-47(88-59(74)81)22-73-16-15-68-69-73/h10-13,15-17,21,44-47,49-55,58H,7-9,14,22-35H2,1-6H3/t47-,49?,50?,51?,52?,53?,54?,55?,58?,60?,61?,62?/m0/s1. The van der Waals surface area contributed by atoms with E-state index in [9.17, 15) is 49.3 Å². The molecule has 26 heteroatoms. The molecule has 0 N–H and O–H groups in total. The van der Waals surface area contributed by atoms with E-state index in [0.29, 0.717) is 75.4 Å². The number of fused-ring (bicyclic) bond motifs is 3. The van der Waals surface area contributed by atoms with Crippen LogP contribution in [0, 0.1) is 97.5 Å². The minimum atomic E-state index is -0.844. The van der Waals surface area contributed by atoms with Crippen LogP contribution < -0.4 is 4.90 Å². The Kier molecular flexibility index (Phi) is 18.5. The van der Waals surface area contributed by atoms with E-state index in [1.165, 1.54) is 58.7 Å². The summed E-state index contributed by atoms with van der Waals surface area (Å²) in [5.74, 6) is -6.32. The summed E-state index contributed by atoms with van der Waals surface area (Å²) >= 11 is 0. The first-order chi connectivity index (χ1) is 42.2. The minimum Gasteiger partial charge on any atom is -0.464 e. The average Bonchev–Trinajstić information content (AvgIpc) is 1.49. The summed E-state index contributed by atoms with van der Waals surface area (Å²) in [6, 6.07) is 14.4. The lowest BCUT2D eigenvalue weighted by Crippen LogP contribution is -2.47. The largest absolute Gasteiger partial charge is 0.464 e. The molecule has 11 unspecified atom stereocenters. The van der Waals surface area contributed by atoms with Crippen LogP contribution in [-0.2, 0) is 68.5 Å². The predicted octanol–water partition coefficient (Wildman–Crippen LogP) is 4.46. The van der Waals surface area contributed by atoms with Gasteiger partial charge in [-0.25, -0.2) is 13.9 Å². The molecule has 7 fully saturated rings. The number of halogens is 1. The number of anilines is 1. The Morgan fingerprint density at radius 3 is 1.66 bits per heavy atom. The Bertz CT molecular complexity index is 3230. The van der Waals surface area contributed by atoms with E-state index in [1.807, 2.05) is 6.07 Å². The fraction of sp³-hybridized carbons (Fsp3) is 0.629. The number of likely N-dealkylation sites (tertiary alicyclic amines) is 3. The maximum absolute atomic E-state index is 16.6. The van der Waals surface area contributed by atoms with Gasteiger partial charge >= 0.3 is 41.9 Å². The molecule has 2 aromatic heterocycles. The van der Waals surface area contributed by atoms with Gasteiger partial charge in [0.2, 0.25) is 0 Å². The van der Waals surface area contributed by atoms with Crippen LogP contribution in [0.3, 0.4) is 0 Å². The smallest absolute Gasteiger partial charge is 0.414 e. The molecule has 3 aliphatic carbocycles. The molecule has 1 aromatic carbocycles. The van der Waals surface area contributed by atoms with Crippen molar-refractivity contribution in [1.82, 2.24) is 34.7 Å². The number of unbranched alkanes of at least 4 members (excludes halogenated alkanes) is 1. The van der Waals surface area contributed by atoms with Crippen molar-refractivity contribution in [2.45, 2.75) is 104 Å². The lowest BCUT2D eigenvalue weighted by atomic mass is 9.65. The predicted molar refractivity (Wildman–Crippen MR) is 303 cm³/mol. The number of nitriles is 3. The summed E-state index contributed by atoms with van der Waals surface area (Å²) in [6.45, 7) is 10.3. The number of pyridine rings is 1. The van der Waals surface area contributed by atoms with Gasteiger partial charge < -0.3 is 33.2 Å². The van der Waals surface area contributed by atoms with Gasteiger partial charge in [-0.2, -0.15) is 15.8 Å². The first kappa shape index (κ1) is 62.9. The molecule has 4 aliphatic heterocycles. The third kappa shape index (κ3) is 12.6. The van der Waals surface area contributed by atoms with Crippen LogP contribution in [0.5, 0.6) is 0 Å². The Morgan fingerprint density at radius 2 is 1.17 bits per heavy atom. The minimum absolute atomic E-state index is 0.00694. The zero-order valence-corrected chi connectivity index (χ0v) is 50.3. The molecular formula is C62H74FN11O14. The fourth-order valence-electron chi connectivity index (χ4n) is 15.7. The highest BCUT2D eigenvalue weighted by Crippen LogP contribution is 2.78. The van der Waals surface area contributed by atoms with Crippen molar-refractivity contribution in [3.63, 3.8) is 0 Å². The number of cyclic esters (lactones) is 1. The van der Waals surface area contributed by atoms with E-state index in [-0.39, 0.29) is 88.5 Å². The molecule has 0 spiro atoms. The molecule has 1 amide bonds. The van der Waals surface area contributed by atoms with Crippen molar-refractivity contribution in [1.29, 1.82) is 15.8 Å². The van der Waals surface area contributed by atoms with Crippen LogP contribution in [-0.4, -0.2) is 186 Å². The molecule has 3 saturated carbocycles. The van der Waals surface area contributed by atoms with Gasteiger partial charge in [0.25, 0.3) is 0 Å². The molecule has 3 aromatic rings. The second-order valence-electron chi connectivity index (χ2n) is 24.9. The molecule has 88 heavy (non-hydrogen) atoms. The summed E-state index contributed by atoms with van der Waals surface area (Å²) in [6.07, 6.45) is 6.01. The van der Waals surface area contributed by atoms with E-state index in [4.69, 9.17) is 38.1 Å². The second kappa shape index (κ2) is 25.9. The zero-order valence-electron chi connectivity index (χ0n) is 50.3. The van der Waals surface area contributed by atoms with Crippen molar-refractivity contribution in [3.05, 3.63) is 60.4 Å². The van der Waals surface area contributed by atoms with E-state index < -0.39 is 112 Å². The third-order valence-electron chi connectivity index (χ3n) is 19.9. The number of carbonyl (C=O) groups is 7. The van der Waals surface area contributed by atoms with Gasteiger partial charge in [0.05, 0.1) is 79.1 Å². The Morgan fingerprint density at radius 1 is 0.659 bits per heavy atom. The van der Waals surface area contributed by atoms with E-state index in [1.54, 1.807) is 35.3 Å². The van der Waals surface area contributed by atoms with Crippen LogP contribution in [0.1, 0.15) is 78.8 Å². The molecule has 0 radical (unpaired) electrons. The third-order valence-corrected chi connectivity index (χ3v) is 19.9. The SMILES string of the molecule is CC(=O)OCC(COC(C)=O)N1CC2C(C#N)C2(CCCCC(C(c2ccc(-c3ccc(N4C[C@H](Cn5ccnn5)OC4=O)cc3F)cn2)C23CN(C(COC(C)=O)COC(C)=O)CC2C3C#N)C23CN(C(COC(C)=O)COC(C)=O)CC2C3C#N)C1. The quantitative estimate of drug-likeness (QED) is 0.0550. The van der Waals surface area contributed by atoms with Gasteiger partial charge in [-0.05, 0) is 60.8 Å².